The van der Waals surface area contributed by atoms with Gasteiger partial charge in [0, 0.05) is 12.4 Å². The molecule has 0 unspecified atom stereocenters. The van der Waals surface area contributed by atoms with Crippen LogP contribution in [0.15, 0.2) is 164 Å². The standard InChI is InChI=1S/C42H45O7P/c43-28-26-40(45-30-35-16-6-1-7-17-35)42(47-32-37-20-10-3-11-21-37)41(46-31-36-18-8-2-9-19-36)27-29-50(44,48-33-38-22-12-4-13-23-38)49-34-39-24-14-5-15-25-39/h1-25,27,29,40-43H,26,28,30-34H2/b29-27+/t40-,41+,42-/m0/s1. The van der Waals surface area contributed by atoms with Crippen LogP contribution >= 0.6 is 7.60 Å². The summed E-state index contributed by atoms with van der Waals surface area (Å²) >= 11 is 0. The van der Waals surface area contributed by atoms with Gasteiger partial charge in [0.15, 0.2) is 0 Å². The lowest BCUT2D eigenvalue weighted by Crippen LogP contribution is -2.42. The van der Waals surface area contributed by atoms with E-state index in [9.17, 15) is 9.67 Å². The zero-order valence-electron chi connectivity index (χ0n) is 28.1. The van der Waals surface area contributed by atoms with E-state index < -0.39 is 25.9 Å². The maximum Gasteiger partial charge on any atom is 0.354 e. The molecular formula is C42H45O7P. The highest BCUT2D eigenvalue weighted by Crippen LogP contribution is 2.51. The molecule has 5 aromatic rings. The topological polar surface area (TPSA) is 83.5 Å². The minimum Gasteiger partial charge on any atom is -0.396 e. The van der Waals surface area contributed by atoms with Gasteiger partial charge in [-0.3, -0.25) is 4.57 Å². The number of aliphatic hydroxyl groups is 1. The van der Waals surface area contributed by atoms with Crippen molar-refractivity contribution in [3.05, 3.63) is 191 Å². The predicted molar refractivity (Wildman–Crippen MR) is 196 cm³/mol. The molecular weight excluding hydrogens is 647 g/mol. The third-order valence-electron chi connectivity index (χ3n) is 7.95. The summed E-state index contributed by atoms with van der Waals surface area (Å²) in [6.07, 6.45) is -0.0592. The Morgan fingerprint density at radius 2 is 0.860 bits per heavy atom. The van der Waals surface area contributed by atoms with Crippen molar-refractivity contribution in [1.29, 1.82) is 0 Å². The van der Waals surface area contributed by atoms with Gasteiger partial charge in [-0.2, -0.15) is 0 Å². The molecule has 260 valence electrons. The Labute approximate surface area is 295 Å². The van der Waals surface area contributed by atoms with Crippen LogP contribution in [0, 0.1) is 0 Å². The highest BCUT2D eigenvalue weighted by Gasteiger charge is 2.32. The highest BCUT2D eigenvalue weighted by atomic mass is 31.2. The second kappa shape index (κ2) is 20.5. The van der Waals surface area contributed by atoms with Gasteiger partial charge in [0.25, 0.3) is 0 Å². The first-order chi connectivity index (χ1) is 24.6. The van der Waals surface area contributed by atoms with Crippen molar-refractivity contribution < 1.29 is 32.9 Å². The summed E-state index contributed by atoms with van der Waals surface area (Å²) < 4.78 is 46.2. The van der Waals surface area contributed by atoms with Crippen LogP contribution in [0.1, 0.15) is 34.2 Å². The summed E-state index contributed by atoms with van der Waals surface area (Å²) in [6, 6.07) is 48.6. The van der Waals surface area contributed by atoms with Crippen molar-refractivity contribution >= 4 is 7.60 Å². The third kappa shape index (κ3) is 12.6. The zero-order valence-corrected chi connectivity index (χ0v) is 29.0. The fraction of sp³-hybridized carbons (Fsp3) is 0.238. The van der Waals surface area contributed by atoms with Crippen molar-refractivity contribution in [3.8, 4) is 0 Å². The number of ether oxygens (including phenoxy) is 3. The first kappa shape index (κ1) is 37.1. The van der Waals surface area contributed by atoms with Crippen LogP contribution in [0.25, 0.3) is 0 Å². The molecule has 0 aliphatic carbocycles. The first-order valence-electron chi connectivity index (χ1n) is 16.8. The maximum atomic E-state index is 14.4. The summed E-state index contributed by atoms with van der Waals surface area (Å²) in [5, 5.41) is 10.2. The van der Waals surface area contributed by atoms with Crippen LogP contribution in [-0.4, -0.2) is 30.0 Å². The second-order valence-electron chi connectivity index (χ2n) is 11.8. The smallest absolute Gasteiger partial charge is 0.354 e. The van der Waals surface area contributed by atoms with E-state index in [2.05, 4.69) is 0 Å². The van der Waals surface area contributed by atoms with Crippen molar-refractivity contribution in [3.63, 3.8) is 0 Å². The van der Waals surface area contributed by atoms with E-state index in [4.69, 9.17) is 23.3 Å². The number of hydrogen-bond donors (Lipinski definition) is 1. The summed E-state index contributed by atoms with van der Waals surface area (Å²) in [5.41, 5.74) is 4.64. The van der Waals surface area contributed by atoms with Gasteiger partial charge in [-0.1, -0.05) is 152 Å². The molecule has 8 heteroatoms. The van der Waals surface area contributed by atoms with Crippen LogP contribution in [0.4, 0.5) is 0 Å². The van der Waals surface area contributed by atoms with Crippen LogP contribution in [0.5, 0.6) is 0 Å². The maximum absolute atomic E-state index is 14.4. The van der Waals surface area contributed by atoms with Crippen molar-refractivity contribution in [2.24, 2.45) is 0 Å². The Kier molecular flexibility index (Phi) is 15.2. The Hall–Kier alpha value is -4.17. The van der Waals surface area contributed by atoms with Gasteiger partial charge in [0.1, 0.15) is 12.2 Å². The van der Waals surface area contributed by atoms with E-state index in [-0.39, 0.29) is 39.5 Å². The molecule has 0 saturated heterocycles. The largest absolute Gasteiger partial charge is 0.396 e. The summed E-state index contributed by atoms with van der Waals surface area (Å²) in [7, 11) is -3.83. The fourth-order valence-electron chi connectivity index (χ4n) is 5.25. The molecule has 0 radical (unpaired) electrons. The van der Waals surface area contributed by atoms with Crippen molar-refractivity contribution in [1.82, 2.24) is 0 Å². The molecule has 0 saturated carbocycles. The minimum absolute atomic E-state index is 0.0913. The van der Waals surface area contributed by atoms with Gasteiger partial charge < -0.3 is 28.4 Å². The average molecular weight is 693 g/mol. The molecule has 0 aromatic heterocycles. The molecule has 0 bridgehead atoms. The van der Waals surface area contributed by atoms with Gasteiger partial charge >= 0.3 is 7.60 Å². The Bertz CT molecular complexity index is 1660. The Morgan fingerprint density at radius 1 is 0.500 bits per heavy atom. The SMILES string of the molecule is O=P(/C=C/[C@@H](OCc1ccccc1)[C@@H](OCc1ccccc1)[C@H](CCO)OCc1ccccc1)(OCc1ccccc1)OCc1ccccc1. The molecule has 0 aliphatic rings. The van der Waals surface area contributed by atoms with Gasteiger partial charge in [-0.15, -0.1) is 0 Å². The van der Waals surface area contributed by atoms with E-state index >= 15 is 0 Å². The number of rotatable bonds is 21. The number of benzene rings is 5. The van der Waals surface area contributed by atoms with E-state index in [0.29, 0.717) is 6.61 Å². The molecule has 0 spiro atoms. The van der Waals surface area contributed by atoms with Gasteiger partial charge in [-0.25, -0.2) is 0 Å². The first-order valence-corrected chi connectivity index (χ1v) is 18.4. The molecule has 0 amide bonds. The molecule has 50 heavy (non-hydrogen) atoms. The quantitative estimate of drug-likeness (QED) is 0.0768. The summed E-state index contributed by atoms with van der Waals surface area (Å²) in [5.74, 6) is 1.47. The normalized spacial score (nSPS) is 13.6. The summed E-state index contributed by atoms with van der Waals surface area (Å²) in [6.45, 7) is 0.894. The highest BCUT2D eigenvalue weighted by molar-refractivity contribution is 7.57. The molecule has 7 nitrogen and oxygen atoms in total. The average Bonchev–Trinajstić information content (AvgIpc) is 3.18. The van der Waals surface area contributed by atoms with Gasteiger partial charge in [-0.05, 0) is 40.3 Å². The second-order valence-corrected chi connectivity index (χ2v) is 13.7. The van der Waals surface area contributed by atoms with E-state index in [1.54, 1.807) is 6.08 Å². The lowest BCUT2D eigenvalue weighted by atomic mass is 10.0. The molecule has 0 fully saturated rings. The van der Waals surface area contributed by atoms with E-state index in [1.807, 2.05) is 152 Å². The summed E-state index contributed by atoms with van der Waals surface area (Å²) in [4.78, 5) is 0. The van der Waals surface area contributed by atoms with E-state index in [0.717, 1.165) is 27.8 Å². The van der Waals surface area contributed by atoms with Crippen LogP contribution in [0.2, 0.25) is 0 Å². The molecule has 0 heterocycles. The van der Waals surface area contributed by atoms with E-state index in [1.165, 1.54) is 5.82 Å². The molecule has 5 aromatic carbocycles. The predicted octanol–water partition coefficient (Wildman–Crippen LogP) is 9.27. The number of hydrogen-bond acceptors (Lipinski definition) is 7. The van der Waals surface area contributed by atoms with Crippen LogP contribution in [0.3, 0.4) is 0 Å². The van der Waals surface area contributed by atoms with Crippen LogP contribution in [-0.2, 0) is 60.9 Å². The van der Waals surface area contributed by atoms with Crippen molar-refractivity contribution in [2.75, 3.05) is 6.61 Å². The third-order valence-corrected chi connectivity index (χ3v) is 9.46. The number of aliphatic hydroxyl groups excluding tert-OH is 1. The zero-order chi connectivity index (χ0) is 34.7. The van der Waals surface area contributed by atoms with Crippen LogP contribution < -0.4 is 0 Å². The molecule has 3 atom stereocenters. The fourth-order valence-corrected chi connectivity index (χ4v) is 6.53. The Morgan fingerprint density at radius 3 is 1.26 bits per heavy atom. The minimum atomic E-state index is -3.83. The lowest BCUT2D eigenvalue weighted by Gasteiger charge is -2.32. The molecule has 1 N–H and O–H groups in total. The molecule has 0 aliphatic heterocycles. The van der Waals surface area contributed by atoms with Gasteiger partial charge in [0.05, 0.1) is 39.1 Å². The monoisotopic (exact) mass is 692 g/mol. The lowest BCUT2D eigenvalue weighted by molar-refractivity contribution is -0.142. The Balaban J connectivity index is 1.46. The van der Waals surface area contributed by atoms with Gasteiger partial charge in [0.2, 0.25) is 0 Å². The molecule has 5 rings (SSSR count). The van der Waals surface area contributed by atoms with Crippen molar-refractivity contribution in [2.45, 2.75) is 57.8 Å².